The van der Waals surface area contributed by atoms with E-state index in [4.69, 9.17) is 4.42 Å². The third-order valence-electron chi connectivity index (χ3n) is 3.89. The van der Waals surface area contributed by atoms with Crippen LogP contribution in [0.5, 0.6) is 0 Å². The zero-order chi connectivity index (χ0) is 18.8. The molecule has 0 aromatic carbocycles. The molecule has 0 spiro atoms. The molecule has 0 aliphatic heterocycles. The van der Waals surface area contributed by atoms with Crippen LogP contribution in [0, 0.1) is 5.92 Å². The van der Waals surface area contributed by atoms with Crippen molar-refractivity contribution >= 4 is 28.3 Å². The molecule has 0 bridgehead atoms. The van der Waals surface area contributed by atoms with Gasteiger partial charge in [-0.15, -0.1) is 11.3 Å². The minimum Gasteiger partial charge on any atom is -0.459 e. The number of rotatable bonds is 11. The van der Waals surface area contributed by atoms with E-state index in [0.29, 0.717) is 17.4 Å². The first-order valence-corrected chi connectivity index (χ1v) is 9.98. The molecule has 26 heavy (non-hydrogen) atoms. The van der Waals surface area contributed by atoms with Gasteiger partial charge in [0, 0.05) is 11.9 Å². The highest BCUT2D eigenvalue weighted by Crippen LogP contribution is 2.17. The summed E-state index contributed by atoms with van der Waals surface area (Å²) in [6, 6.07) is 3.23. The van der Waals surface area contributed by atoms with Gasteiger partial charge in [-0.25, -0.2) is 4.98 Å². The van der Waals surface area contributed by atoms with Crippen molar-refractivity contribution in [2.24, 2.45) is 5.92 Å². The minimum atomic E-state index is -0.349. The van der Waals surface area contributed by atoms with Crippen molar-refractivity contribution in [2.45, 2.75) is 52.4 Å². The van der Waals surface area contributed by atoms with Crippen molar-refractivity contribution in [1.29, 1.82) is 0 Å². The van der Waals surface area contributed by atoms with Crippen LogP contribution in [-0.2, 0) is 11.2 Å². The topological polar surface area (TPSA) is 84.2 Å². The van der Waals surface area contributed by atoms with Crippen LogP contribution in [0.25, 0.3) is 0 Å². The molecule has 2 aromatic heterocycles. The molecule has 0 atom stereocenters. The van der Waals surface area contributed by atoms with Crippen molar-refractivity contribution in [1.82, 2.24) is 10.3 Å². The Kier molecular flexibility index (Phi) is 8.34. The van der Waals surface area contributed by atoms with Crippen LogP contribution < -0.4 is 10.6 Å². The SMILES string of the molecule is CC(C)CCCCCCNC(=O)Cc1csc(NC(=O)c2ccco2)n1. The van der Waals surface area contributed by atoms with Gasteiger partial charge in [-0.1, -0.05) is 39.5 Å². The first-order valence-electron chi connectivity index (χ1n) is 9.10. The number of nitrogens with zero attached hydrogens (tertiary/aromatic N) is 1. The zero-order valence-electron chi connectivity index (χ0n) is 15.4. The molecule has 0 saturated carbocycles. The number of aromatic nitrogens is 1. The molecule has 0 unspecified atom stereocenters. The molecule has 2 rings (SSSR count). The van der Waals surface area contributed by atoms with Crippen LogP contribution in [-0.4, -0.2) is 23.3 Å². The maximum Gasteiger partial charge on any atom is 0.293 e. The highest BCUT2D eigenvalue weighted by atomic mass is 32.1. The molecule has 142 valence electrons. The van der Waals surface area contributed by atoms with E-state index in [1.807, 2.05) is 0 Å². The maximum atomic E-state index is 12.0. The van der Waals surface area contributed by atoms with Gasteiger partial charge in [-0.2, -0.15) is 0 Å². The van der Waals surface area contributed by atoms with Crippen molar-refractivity contribution in [3.8, 4) is 0 Å². The molecular weight excluding hydrogens is 350 g/mol. The second kappa shape index (κ2) is 10.8. The molecule has 0 aliphatic rings. The number of thiazole rings is 1. The first kappa shape index (κ1) is 20.2. The summed E-state index contributed by atoms with van der Waals surface area (Å²) in [5.74, 6) is 0.605. The first-order chi connectivity index (χ1) is 12.5. The van der Waals surface area contributed by atoms with Crippen LogP contribution in [0.1, 0.15) is 62.2 Å². The summed E-state index contributed by atoms with van der Waals surface area (Å²) in [6.45, 7) is 5.19. The third kappa shape index (κ3) is 7.39. The molecule has 0 saturated heterocycles. The Bertz CT molecular complexity index is 680. The molecule has 7 heteroatoms. The van der Waals surface area contributed by atoms with Crippen LogP contribution in [0.2, 0.25) is 0 Å². The average Bonchev–Trinajstić information content (AvgIpc) is 3.25. The van der Waals surface area contributed by atoms with E-state index in [1.54, 1.807) is 17.5 Å². The molecule has 0 fully saturated rings. The summed E-state index contributed by atoms with van der Waals surface area (Å²) < 4.78 is 5.03. The molecular formula is C19H27N3O3S. The van der Waals surface area contributed by atoms with E-state index < -0.39 is 0 Å². The molecule has 6 nitrogen and oxygen atoms in total. The van der Waals surface area contributed by atoms with Gasteiger partial charge < -0.3 is 9.73 Å². The van der Waals surface area contributed by atoms with Crippen LogP contribution in [0.15, 0.2) is 28.2 Å². The molecule has 2 heterocycles. The van der Waals surface area contributed by atoms with E-state index >= 15 is 0 Å². The van der Waals surface area contributed by atoms with Gasteiger partial charge in [-0.05, 0) is 24.5 Å². The fourth-order valence-electron chi connectivity index (χ4n) is 2.50. The van der Waals surface area contributed by atoms with E-state index in [0.717, 1.165) is 18.8 Å². The number of furan rings is 1. The molecule has 2 N–H and O–H groups in total. The van der Waals surface area contributed by atoms with Crippen LogP contribution >= 0.6 is 11.3 Å². The van der Waals surface area contributed by atoms with Gasteiger partial charge in [0.15, 0.2) is 10.9 Å². The maximum absolute atomic E-state index is 12.0. The second-order valence-corrected chi connectivity index (χ2v) is 7.56. The largest absolute Gasteiger partial charge is 0.459 e. The van der Waals surface area contributed by atoms with E-state index in [-0.39, 0.29) is 24.0 Å². The number of hydrogen-bond acceptors (Lipinski definition) is 5. The van der Waals surface area contributed by atoms with Gasteiger partial charge >= 0.3 is 0 Å². The van der Waals surface area contributed by atoms with Crippen LogP contribution in [0.3, 0.4) is 0 Å². The van der Waals surface area contributed by atoms with Crippen molar-refractivity contribution in [3.63, 3.8) is 0 Å². The Morgan fingerprint density at radius 1 is 1.23 bits per heavy atom. The number of anilines is 1. The zero-order valence-corrected chi connectivity index (χ0v) is 16.2. The molecule has 0 aliphatic carbocycles. The predicted molar refractivity (Wildman–Crippen MR) is 103 cm³/mol. The number of unbranched alkanes of at least 4 members (excludes halogenated alkanes) is 3. The molecule has 0 radical (unpaired) electrons. The summed E-state index contributed by atoms with van der Waals surface area (Å²) in [6.07, 6.45) is 7.57. The normalized spacial score (nSPS) is 10.9. The fraction of sp³-hybridized carbons (Fsp3) is 0.526. The van der Waals surface area contributed by atoms with Gasteiger partial charge in [-0.3, -0.25) is 14.9 Å². The van der Waals surface area contributed by atoms with Crippen molar-refractivity contribution in [2.75, 3.05) is 11.9 Å². The second-order valence-electron chi connectivity index (χ2n) is 6.70. The summed E-state index contributed by atoms with van der Waals surface area (Å²) in [4.78, 5) is 28.1. The summed E-state index contributed by atoms with van der Waals surface area (Å²) in [5, 5.41) is 7.83. The monoisotopic (exact) mass is 377 g/mol. The Labute approximate surface area is 158 Å². The lowest BCUT2D eigenvalue weighted by Crippen LogP contribution is -2.26. The highest BCUT2D eigenvalue weighted by molar-refractivity contribution is 7.14. The summed E-state index contributed by atoms with van der Waals surface area (Å²) in [5.41, 5.74) is 0.652. The van der Waals surface area contributed by atoms with E-state index in [9.17, 15) is 9.59 Å². The van der Waals surface area contributed by atoms with Gasteiger partial charge in [0.05, 0.1) is 18.4 Å². The van der Waals surface area contributed by atoms with Gasteiger partial charge in [0.1, 0.15) is 0 Å². The molecule has 2 aromatic rings. The lowest BCUT2D eigenvalue weighted by Gasteiger charge is -2.05. The highest BCUT2D eigenvalue weighted by Gasteiger charge is 2.12. The quantitative estimate of drug-likeness (QED) is 0.573. The standard InChI is InChI=1S/C19H27N3O3S/c1-14(2)8-5-3-4-6-10-20-17(23)12-15-13-26-19(21-15)22-18(24)16-9-7-11-25-16/h7,9,11,13-14H,3-6,8,10,12H2,1-2H3,(H,20,23)(H,21,22,24). The Balaban J connectivity index is 1.62. The molecule has 2 amide bonds. The number of amides is 2. The number of hydrogen-bond donors (Lipinski definition) is 2. The predicted octanol–water partition coefficient (Wildman–Crippen LogP) is 4.25. The summed E-state index contributed by atoms with van der Waals surface area (Å²) >= 11 is 1.29. The summed E-state index contributed by atoms with van der Waals surface area (Å²) in [7, 11) is 0. The smallest absolute Gasteiger partial charge is 0.293 e. The third-order valence-corrected chi connectivity index (χ3v) is 4.70. The van der Waals surface area contributed by atoms with Crippen molar-refractivity contribution < 1.29 is 14.0 Å². The lowest BCUT2D eigenvalue weighted by molar-refractivity contribution is -0.120. The fourth-order valence-corrected chi connectivity index (χ4v) is 3.20. The van der Waals surface area contributed by atoms with Crippen LogP contribution in [0.4, 0.5) is 5.13 Å². The Morgan fingerprint density at radius 2 is 2.04 bits per heavy atom. The van der Waals surface area contributed by atoms with E-state index in [2.05, 4.69) is 29.5 Å². The Hall–Kier alpha value is -2.15. The number of carbonyl (C=O) groups is 2. The van der Waals surface area contributed by atoms with E-state index in [1.165, 1.54) is 36.9 Å². The van der Waals surface area contributed by atoms with Gasteiger partial charge in [0.2, 0.25) is 5.91 Å². The number of carbonyl (C=O) groups excluding carboxylic acids is 2. The number of nitrogens with one attached hydrogen (secondary N) is 2. The minimum absolute atomic E-state index is 0.0404. The lowest BCUT2D eigenvalue weighted by atomic mass is 10.0. The Morgan fingerprint density at radius 3 is 2.77 bits per heavy atom. The average molecular weight is 378 g/mol. The van der Waals surface area contributed by atoms with Gasteiger partial charge in [0.25, 0.3) is 5.91 Å². The van der Waals surface area contributed by atoms with Crippen molar-refractivity contribution in [3.05, 3.63) is 35.2 Å².